The number of nitrogens with one attached hydrogen (secondary N) is 2. The van der Waals surface area contributed by atoms with E-state index in [9.17, 15) is 0 Å². The average Bonchev–Trinajstić information content (AvgIpc) is 2.98. The molecule has 0 spiro atoms. The highest BCUT2D eigenvalue weighted by molar-refractivity contribution is 5.79. The molecule has 0 amide bonds. The Morgan fingerprint density at radius 2 is 1.96 bits per heavy atom. The van der Waals surface area contributed by atoms with Crippen molar-refractivity contribution in [3.63, 3.8) is 0 Å². The van der Waals surface area contributed by atoms with Gasteiger partial charge in [0.1, 0.15) is 0 Å². The van der Waals surface area contributed by atoms with Crippen molar-refractivity contribution in [2.45, 2.75) is 26.2 Å². The Kier molecular flexibility index (Phi) is 7.17. The van der Waals surface area contributed by atoms with E-state index in [4.69, 9.17) is 0 Å². The maximum absolute atomic E-state index is 4.63. The van der Waals surface area contributed by atoms with Crippen molar-refractivity contribution in [2.24, 2.45) is 12.0 Å². The molecule has 1 aromatic carbocycles. The van der Waals surface area contributed by atoms with Gasteiger partial charge in [0.05, 0.1) is 6.20 Å². The largest absolute Gasteiger partial charge is 0.357 e. The fourth-order valence-electron chi connectivity index (χ4n) is 2.39. The van der Waals surface area contributed by atoms with Crippen LogP contribution in [0, 0.1) is 0 Å². The summed E-state index contributed by atoms with van der Waals surface area (Å²) in [5.41, 5.74) is 2.61. The van der Waals surface area contributed by atoms with E-state index in [1.165, 1.54) is 11.1 Å². The molecule has 1 aromatic heterocycles. The van der Waals surface area contributed by atoms with E-state index in [0.29, 0.717) is 0 Å². The van der Waals surface area contributed by atoms with Gasteiger partial charge in [0.15, 0.2) is 5.96 Å². The van der Waals surface area contributed by atoms with Crippen molar-refractivity contribution >= 4 is 5.96 Å². The molecule has 0 aliphatic heterocycles. The minimum absolute atomic E-state index is 0.815. The zero-order valence-electron chi connectivity index (χ0n) is 14.1. The normalized spacial score (nSPS) is 11.5. The predicted molar refractivity (Wildman–Crippen MR) is 95.7 cm³/mol. The molecule has 124 valence electrons. The van der Waals surface area contributed by atoms with Gasteiger partial charge in [0, 0.05) is 32.9 Å². The summed E-state index contributed by atoms with van der Waals surface area (Å²) in [4.78, 5) is 4.63. The van der Waals surface area contributed by atoms with E-state index in [2.05, 4.69) is 58.1 Å². The van der Waals surface area contributed by atoms with Gasteiger partial charge in [-0.15, -0.1) is 0 Å². The zero-order valence-corrected chi connectivity index (χ0v) is 14.1. The van der Waals surface area contributed by atoms with Crippen molar-refractivity contribution in [2.75, 3.05) is 19.6 Å². The molecular formula is C18H27N5. The molecule has 1 heterocycles. The van der Waals surface area contributed by atoms with E-state index in [1.807, 2.05) is 24.0 Å². The lowest BCUT2D eigenvalue weighted by Crippen LogP contribution is -2.38. The number of benzene rings is 1. The Hall–Kier alpha value is -2.30. The highest BCUT2D eigenvalue weighted by atomic mass is 15.2. The summed E-state index contributed by atoms with van der Waals surface area (Å²) in [6.07, 6.45) is 7.03. The number of nitrogens with zero attached hydrogens (tertiary/aromatic N) is 3. The summed E-state index contributed by atoms with van der Waals surface area (Å²) in [5.74, 6) is 0.898. The molecule has 2 rings (SSSR count). The quantitative estimate of drug-likeness (QED) is 0.446. The second-order valence-electron chi connectivity index (χ2n) is 5.55. The van der Waals surface area contributed by atoms with E-state index in [1.54, 1.807) is 0 Å². The summed E-state index contributed by atoms with van der Waals surface area (Å²) < 4.78 is 1.84. The minimum Gasteiger partial charge on any atom is -0.357 e. The van der Waals surface area contributed by atoms with E-state index in [-0.39, 0.29) is 0 Å². The van der Waals surface area contributed by atoms with Gasteiger partial charge in [-0.1, -0.05) is 30.3 Å². The van der Waals surface area contributed by atoms with E-state index >= 15 is 0 Å². The second-order valence-corrected chi connectivity index (χ2v) is 5.55. The Balaban J connectivity index is 1.71. The van der Waals surface area contributed by atoms with Crippen LogP contribution in [0.5, 0.6) is 0 Å². The van der Waals surface area contributed by atoms with Crippen LogP contribution in [0.2, 0.25) is 0 Å². The zero-order chi connectivity index (χ0) is 16.3. The van der Waals surface area contributed by atoms with Crippen molar-refractivity contribution in [3.8, 4) is 0 Å². The predicted octanol–water partition coefficient (Wildman–Crippen LogP) is 2.15. The average molecular weight is 313 g/mol. The molecule has 0 saturated carbocycles. The van der Waals surface area contributed by atoms with Gasteiger partial charge >= 0.3 is 0 Å². The molecule has 2 aromatic rings. The van der Waals surface area contributed by atoms with Crippen LogP contribution in [0.25, 0.3) is 0 Å². The molecule has 0 unspecified atom stereocenters. The number of rotatable bonds is 8. The summed E-state index contributed by atoms with van der Waals surface area (Å²) >= 11 is 0. The third-order valence-electron chi connectivity index (χ3n) is 3.55. The topological polar surface area (TPSA) is 54.2 Å². The maximum atomic E-state index is 4.63. The number of aromatic nitrogens is 2. The van der Waals surface area contributed by atoms with Crippen LogP contribution in [-0.2, 0) is 19.9 Å². The van der Waals surface area contributed by atoms with Crippen LogP contribution < -0.4 is 10.6 Å². The second kappa shape index (κ2) is 9.66. The molecule has 0 bridgehead atoms. The van der Waals surface area contributed by atoms with Crippen LogP contribution in [0.3, 0.4) is 0 Å². The Morgan fingerprint density at radius 1 is 1.13 bits per heavy atom. The number of hydrogen-bond donors (Lipinski definition) is 2. The fraction of sp³-hybridized carbons (Fsp3) is 0.444. The summed E-state index contributed by atoms with van der Waals surface area (Å²) in [6, 6.07) is 10.5. The van der Waals surface area contributed by atoms with Crippen molar-refractivity contribution in [1.82, 2.24) is 20.4 Å². The van der Waals surface area contributed by atoms with Crippen molar-refractivity contribution in [1.29, 1.82) is 0 Å². The summed E-state index contributed by atoms with van der Waals surface area (Å²) in [7, 11) is 1.95. The van der Waals surface area contributed by atoms with Crippen LogP contribution in [0.15, 0.2) is 47.7 Å². The maximum Gasteiger partial charge on any atom is 0.191 e. The number of hydrogen-bond acceptors (Lipinski definition) is 2. The monoisotopic (exact) mass is 313 g/mol. The Morgan fingerprint density at radius 3 is 2.65 bits per heavy atom. The van der Waals surface area contributed by atoms with Crippen LogP contribution in [0.4, 0.5) is 0 Å². The molecule has 0 fully saturated rings. The standard InChI is InChI=1S/C18H27N5/c1-3-19-18(21-13-11-16-8-5-4-6-9-16)20-12-7-10-17-14-22-23(2)15-17/h4-6,8-9,14-15H,3,7,10-13H2,1-2H3,(H2,19,20,21). The van der Waals surface area contributed by atoms with Crippen molar-refractivity contribution < 1.29 is 0 Å². The molecule has 0 atom stereocenters. The lowest BCUT2D eigenvalue weighted by atomic mass is 10.1. The van der Waals surface area contributed by atoms with Gasteiger partial charge in [-0.3, -0.25) is 9.67 Å². The van der Waals surface area contributed by atoms with Crippen LogP contribution in [0.1, 0.15) is 24.5 Å². The molecular weight excluding hydrogens is 286 g/mol. The van der Waals surface area contributed by atoms with Crippen molar-refractivity contribution in [3.05, 3.63) is 53.9 Å². The number of aliphatic imine (C=N–C) groups is 1. The fourth-order valence-corrected chi connectivity index (χ4v) is 2.39. The molecule has 0 saturated heterocycles. The molecule has 0 aliphatic carbocycles. The molecule has 0 radical (unpaired) electrons. The molecule has 2 N–H and O–H groups in total. The first kappa shape index (κ1) is 17.1. The molecule has 5 heteroatoms. The number of aryl methyl sites for hydroxylation is 2. The van der Waals surface area contributed by atoms with Gasteiger partial charge < -0.3 is 10.6 Å². The van der Waals surface area contributed by atoms with Gasteiger partial charge in [-0.05, 0) is 37.3 Å². The molecule has 23 heavy (non-hydrogen) atoms. The first-order valence-corrected chi connectivity index (χ1v) is 8.31. The summed E-state index contributed by atoms with van der Waals surface area (Å²) in [6.45, 7) is 4.66. The third-order valence-corrected chi connectivity index (χ3v) is 3.55. The first-order valence-electron chi connectivity index (χ1n) is 8.31. The van der Waals surface area contributed by atoms with Gasteiger partial charge in [0.25, 0.3) is 0 Å². The van der Waals surface area contributed by atoms with E-state index < -0.39 is 0 Å². The van der Waals surface area contributed by atoms with Gasteiger partial charge in [-0.25, -0.2) is 0 Å². The van der Waals surface area contributed by atoms with E-state index in [0.717, 1.165) is 44.9 Å². The highest BCUT2D eigenvalue weighted by Crippen LogP contribution is 2.01. The first-order chi connectivity index (χ1) is 11.3. The third kappa shape index (κ3) is 6.55. The Labute approximate surface area is 138 Å². The lowest BCUT2D eigenvalue weighted by molar-refractivity contribution is 0.763. The number of guanidine groups is 1. The van der Waals surface area contributed by atoms with Crippen LogP contribution in [-0.4, -0.2) is 35.4 Å². The highest BCUT2D eigenvalue weighted by Gasteiger charge is 1.99. The minimum atomic E-state index is 0.815. The molecule has 0 aliphatic rings. The summed E-state index contributed by atoms with van der Waals surface area (Å²) in [5, 5.41) is 10.9. The Bertz CT molecular complexity index is 588. The van der Waals surface area contributed by atoms with Gasteiger partial charge in [-0.2, -0.15) is 5.10 Å². The van der Waals surface area contributed by atoms with Gasteiger partial charge in [0.2, 0.25) is 0 Å². The molecule has 5 nitrogen and oxygen atoms in total. The smallest absolute Gasteiger partial charge is 0.191 e. The van der Waals surface area contributed by atoms with Crippen LogP contribution >= 0.6 is 0 Å². The lowest BCUT2D eigenvalue weighted by Gasteiger charge is -2.11. The SMILES string of the molecule is CCNC(=NCCCc1cnn(C)c1)NCCc1ccccc1.